The van der Waals surface area contributed by atoms with Crippen molar-refractivity contribution < 1.29 is 9.53 Å². The summed E-state index contributed by atoms with van der Waals surface area (Å²) in [6.45, 7) is 3.29. The molecule has 1 aliphatic rings. The number of ether oxygens (including phenoxy) is 1. The third-order valence-electron chi connectivity index (χ3n) is 4.00. The van der Waals surface area contributed by atoms with Crippen LogP contribution in [0.4, 0.5) is 5.69 Å². The van der Waals surface area contributed by atoms with Gasteiger partial charge in [0.15, 0.2) is 5.78 Å². The van der Waals surface area contributed by atoms with Crippen LogP contribution in [-0.4, -0.2) is 32.1 Å². The van der Waals surface area contributed by atoms with Gasteiger partial charge in [-0.2, -0.15) is 0 Å². The molecule has 0 bridgehead atoms. The number of allylic oxidation sites excluding steroid dienone is 1. The maximum absolute atomic E-state index is 12.3. The molecule has 0 atom stereocenters. The lowest BCUT2D eigenvalue weighted by Gasteiger charge is -2.28. The van der Waals surface area contributed by atoms with Crippen molar-refractivity contribution in [1.29, 1.82) is 0 Å². The Balaban J connectivity index is 1.71. The van der Waals surface area contributed by atoms with Crippen molar-refractivity contribution in [3.8, 4) is 0 Å². The van der Waals surface area contributed by atoms with Crippen LogP contribution in [0.15, 0.2) is 42.5 Å². The average molecular weight is 397 g/mol. The average Bonchev–Trinajstić information content (AvgIpc) is 2.65. The molecule has 0 N–H and O–H groups in total. The molecule has 0 aromatic heterocycles. The largest absolute Gasteiger partial charge is 0.378 e. The summed E-state index contributed by atoms with van der Waals surface area (Å²) in [6.07, 6.45) is 3.24. The van der Waals surface area contributed by atoms with Crippen LogP contribution in [0.3, 0.4) is 0 Å². The molecule has 2 aromatic rings. The summed E-state index contributed by atoms with van der Waals surface area (Å²) < 4.78 is 5.36. The molecule has 0 amide bonds. The van der Waals surface area contributed by atoms with Crippen LogP contribution in [0.2, 0.25) is 15.1 Å². The number of carbonyl (C=O) groups excluding carboxylic acids is 1. The quantitative estimate of drug-likeness (QED) is 0.395. The van der Waals surface area contributed by atoms with Crippen molar-refractivity contribution in [2.24, 2.45) is 0 Å². The highest BCUT2D eigenvalue weighted by molar-refractivity contribution is 6.49. The second-order valence-corrected chi connectivity index (χ2v) is 6.77. The van der Waals surface area contributed by atoms with E-state index in [4.69, 9.17) is 39.5 Å². The van der Waals surface area contributed by atoms with Gasteiger partial charge < -0.3 is 9.64 Å². The van der Waals surface area contributed by atoms with Crippen molar-refractivity contribution >= 4 is 52.3 Å². The number of carbonyl (C=O) groups is 1. The molecule has 0 unspecified atom stereocenters. The molecule has 3 nitrogen and oxygen atoms in total. The minimum absolute atomic E-state index is 0.173. The fraction of sp³-hybridized carbons (Fsp3) is 0.211. The lowest BCUT2D eigenvalue weighted by Crippen LogP contribution is -2.36. The third kappa shape index (κ3) is 4.36. The molecule has 0 spiro atoms. The van der Waals surface area contributed by atoms with E-state index in [1.54, 1.807) is 18.2 Å². The van der Waals surface area contributed by atoms with Crippen molar-refractivity contribution in [2.45, 2.75) is 0 Å². The predicted octanol–water partition coefficient (Wildman–Crippen LogP) is 5.38. The molecule has 3 rings (SSSR count). The highest BCUT2D eigenvalue weighted by Crippen LogP contribution is 2.33. The first-order valence-electron chi connectivity index (χ1n) is 7.85. The molecule has 0 aliphatic carbocycles. The van der Waals surface area contributed by atoms with Crippen LogP contribution in [0.25, 0.3) is 6.08 Å². The maximum Gasteiger partial charge on any atom is 0.187 e. The summed E-state index contributed by atoms with van der Waals surface area (Å²) in [7, 11) is 0. The minimum Gasteiger partial charge on any atom is -0.378 e. The number of ketones is 1. The summed E-state index contributed by atoms with van der Waals surface area (Å²) in [5, 5.41) is 0.690. The third-order valence-corrected chi connectivity index (χ3v) is 5.29. The van der Waals surface area contributed by atoms with Crippen molar-refractivity contribution in [3.05, 3.63) is 68.7 Å². The molecule has 25 heavy (non-hydrogen) atoms. The number of halogens is 3. The van der Waals surface area contributed by atoms with Crippen LogP contribution in [0, 0.1) is 0 Å². The van der Waals surface area contributed by atoms with Crippen LogP contribution < -0.4 is 4.90 Å². The van der Waals surface area contributed by atoms with Crippen molar-refractivity contribution in [2.75, 3.05) is 31.2 Å². The molecule has 0 saturated carbocycles. The highest BCUT2D eigenvalue weighted by atomic mass is 35.5. The number of nitrogens with zero attached hydrogens (tertiary/aromatic N) is 1. The van der Waals surface area contributed by atoms with Crippen LogP contribution in [-0.2, 0) is 4.74 Å². The number of benzene rings is 2. The van der Waals surface area contributed by atoms with Gasteiger partial charge in [0.25, 0.3) is 0 Å². The minimum atomic E-state index is -0.221. The Kier molecular flexibility index (Phi) is 6.02. The molecule has 130 valence electrons. The van der Waals surface area contributed by atoms with Gasteiger partial charge in [0, 0.05) is 24.3 Å². The Labute approximate surface area is 161 Å². The smallest absolute Gasteiger partial charge is 0.187 e. The summed E-state index contributed by atoms with van der Waals surface area (Å²) >= 11 is 18.0. The van der Waals surface area contributed by atoms with E-state index in [0.717, 1.165) is 37.6 Å². The van der Waals surface area contributed by atoms with Crippen molar-refractivity contribution in [3.63, 3.8) is 0 Å². The SMILES string of the molecule is O=C(/C=C/c1ccc(N2CCOCC2)cc1)c1ccc(Cl)c(Cl)c1Cl. The van der Waals surface area contributed by atoms with Gasteiger partial charge in [-0.15, -0.1) is 0 Å². The molecule has 2 aromatic carbocycles. The first-order chi connectivity index (χ1) is 12.1. The van der Waals surface area contributed by atoms with E-state index >= 15 is 0 Å². The molecule has 1 saturated heterocycles. The van der Waals surface area contributed by atoms with E-state index in [2.05, 4.69) is 4.90 Å². The number of anilines is 1. The van der Waals surface area contributed by atoms with E-state index < -0.39 is 0 Å². The van der Waals surface area contributed by atoms with Crippen LogP contribution in [0.1, 0.15) is 15.9 Å². The molecule has 0 radical (unpaired) electrons. The normalized spacial score (nSPS) is 14.9. The summed E-state index contributed by atoms with van der Waals surface area (Å²) in [5.74, 6) is -0.221. The van der Waals surface area contributed by atoms with Crippen molar-refractivity contribution in [1.82, 2.24) is 0 Å². The first kappa shape index (κ1) is 18.3. The molecular weight excluding hydrogens is 381 g/mol. The topological polar surface area (TPSA) is 29.5 Å². The van der Waals surface area contributed by atoms with Gasteiger partial charge in [-0.25, -0.2) is 0 Å². The van der Waals surface area contributed by atoms with Gasteiger partial charge in [-0.1, -0.05) is 53.0 Å². The Morgan fingerprint density at radius 3 is 2.32 bits per heavy atom. The second kappa shape index (κ2) is 8.24. The van der Waals surface area contributed by atoms with E-state index in [0.29, 0.717) is 10.6 Å². The second-order valence-electron chi connectivity index (χ2n) is 5.61. The van der Waals surface area contributed by atoms with Gasteiger partial charge in [0.1, 0.15) is 0 Å². The molecule has 1 aliphatic heterocycles. The Hall–Kier alpha value is -1.52. The Morgan fingerprint density at radius 2 is 1.64 bits per heavy atom. The van der Waals surface area contributed by atoms with Gasteiger partial charge in [0.05, 0.1) is 28.3 Å². The summed E-state index contributed by atoms with van der Waals surface area (Å²) in [4.78, 5) is 14.6. The number of hydrogen-bond acceptors (Lipinski definition) is 3. The lowest BCUT2D eigenvalue weighted by molar-refractivity contribution is 0.104. The van der Waals surface area contributed by atoms with Gasteiger partial charge in [-0.05, 0) is 35.9 Å². The zero-order valence-corrected chi connectivity index (χ0v) is 15.6. The zero-order valence-electron chi connectivity index (χ0n) is 13.3. The first-order valence-corrected chi connectivity index (χ1v) is 8.98. The standard InChI is InChI=1S/C19H16Cl3NO2/c20-16-7-6-15(18(21)19(16)22)17(24)8-3-13-1-4-14(5-2-13)23-9-11-25-12-10-23/h1-8H,9-12H2/b8-3+. The molecule has 1 heterocycles. The lowest BCUT2D eigenvalue weighted by atomic mass is 10.1. The number of morpholine rings is 1. The summed E-state index contributed by atoms with van der Waals surface area (Å²) in [6, 6.07) is 11.2. The van der Waals surface area contributed by atoms with E-state index in [-0.39, 0.29) is 15.8 Å². The van der Waals surface area contributed by atoms with E-state index in [9.17, 15) is 4.79 Å². The predicted molar refractivity (Wildman–Crippen MR) is 104 cm³/mol. The molecule has 6 heteroatoms. The fourth-order valence-electron chi connectivity index (χ4n) is 2.60. The van der Waals surface area contributed by atoms with Gasteiger partial charge >= 0.3 is 0 Å². The fourth-order valence-corrected chi connectivity index (χ4v) is 3.22. The van der Waals surface area contributed by atoms with E-state index in [1.165, 1.54) is 6.08 Å². The van der Waals surface area contributed by atoms with Gasteiger partial charge in [-0.3, -0.25) is 4.79 Å². The number of hydrogen-bond donors (Lipinski definition) is 0. The van der Waals surface area contributed by atoms with Crippen LogP contribution >= 0.6 is 34.8 Å². The Bertz CT molecular complexity index is 797. The van der Waals surface area contributed by atoms with E-state index in [1.807, 2.05) is 24.3 Å². The monoisotopic (exact) mass is 395 g/mol. The Morgan fingerprint density at radius 1 is 0.960 bits per heavy atom. The molecular formula is C19H16Cl3NO2. The summed E-state index contributed by atoms with van der Waals surface area (Å²) in [5.41, 5.74) is 2.41. The maximum atomic E-state index is 12.3. The van der Waals surface area contributed by atoms with Crippen LogP contribution in [0.5, 0.6) is 0 Å². The number of rotatable bonds is 4. The molecule has 1 fully saturated rings. The zero-order chi connectivity index (χ0) is 17.8. The highest BCUT2D eigenvalue weighted by Gasteiger charge is 2.13. The van der Waals surface area contributed by atoms with Gasteiger partial charge in [0.2, 0.25) is 0 Å².